The number of nitrogens with zero attached hydrogens (tertiary/aromatic N) is 2. The first-order chi connectivity index (χ1) is 8.90. The van der Waals surface area contributed by atoms with Crippen LogP contribution in [0.1, 0.15) is 40.0 Å². The summed E-state index contributed by atoms with van der Waals surface area (Å²) in [4.78, 5) is 27.4. The summed E-state index contributed by atoms with van der Waals surface area (Å²) in [7, 11) is 0. The second-order valence-corrected chi connectivity index (χ2v) is 5.75. The van der Waals surface area contributed by atoms with Crippen LogP contribution in [-0.2, 0) is 9.59 Å². The highest BCUT2D eigenvalue weighted by molar-refractivity contribution is 5.78. The zero-order valence-electron chi connectivity index (χ0n) is 12.3. The van der Waals surface area contributed by atoms with Crippen LogP contribution in [0.4, 0.5) is 0 Å². The number of aliphatic hydroxyl groups excluding tert-OH is 1. The molecule has 5 nitrogen and oxygen atoms in total. The Morgan fingerprint density at radius 1 is 1.00 bits per heavy atom. The smallest absolute Gasteiger partial charge is 0.222 e. The molecule has 0 aromatic rings. The predicted octanol–water partition coefficient (Wildman–Crippen LogP) is 0.864. The summed E-state index contributed by atoms with van der Waals surface area (Å²) in [6.45, 7) is 8.25. The highest BCUT2D eigenvalue weighted by Gasteiger charge is 2.24. The molecular formula is C14H26N2O3. The molecule has 19 heavy (non-hydrogen) atoms. The van der Waals surface area contributed by atoms with Crippen molar-refractivity contribution in [3.05, 3.63) is 0 Å². The van der Waals surface area contributed by atoms with Gasteiger partial charge in [-0.15, -0.1) is 0 Å². The Hall–Kier alpha value is -1.10. The molecule has 1 saturated heterocycles. The van der Waals surface area contributed by atoms with Crippen molar-refractivity contribution >= 4 is 11.8 Å². The van der Waals surface area contributed by atoms with Gasteiger partial charge >= 0.3 is 0 Å². The molecule has 0 spiro atoms. The van der Waals surface area contributed by atoms with Crippen LogP contribution in [0.2, 0.25) is 0 Å². The van der Waals surface area contributed by atoms with Crippen molar-refractivity contribution in [1.82, 2.24) is 9.80 Å². The molecular weight excluding hydrogens is 244 g/mol. The van der Waals surface area contributed by atoms with E-state index in [1.165, 1.54) is 0 Å². The van der Waals surface area contributed by atoms with E-state index in [4.69, 9.17) is 0 Å². The summed E-state index contributed by atoms with van der Waals surface area (Å²) < 4.78 is 0. The Bertz CT molecular complexity index is 308. The lowest BCUT2D eigenvalue weighted by Crippen LogP contribution is -2.50. The van der Waals surface area contributed by atoms with Gasteiger partial charge in [0.25, 0.3) is 0 Å². The third kappa shape index (κ3) is 5.59. The van der Waals surface area contributed by atoms with Crippen LogP contribution in [0.5, 0.6) is 0 Å². The maximum Gasteiger partial charge on any atom is 0.222 e. The third-order valence-electron chi connectivity index (χ3n) is 3.34. The van der Waals surface area contributed by atoms with E-state index < -0.39 is 6.10 Å². The van der Waals surface area contributed by atoms with Crippen molar-refractivity contribution in [2.75, 3.05) is 26.2 Å². The summed E-state index contributed by atoms with van der Waals surface area (Å²) in [5, 5.41) is 9.17. The molecule has 1 heterocycles. The van der Waals surface area contributed by atoms with Gasteiger partial charge in [0.2, 0.25) is 11.8 Å². The van der Waals surface area contributed by atoms with E-state index in [1.807, 2.05) is 18.7 Å². The first kappa shape index (κ1) is 16.0. The summed E-state index contributed by atoms with van der Waals surface area (Å²) >= 11 is 0. The number of rotatable bonds is 5. The van der Waals surface area contributed by atoms with Gasteiger partial charge in [0.15, 0.2) is 0 Å². The Kier molecular flexibility index (Phi) is 6.28. The van der Waals surface area contributed by atoms with Gasteiger partial charge in [0, 0.05) is 39.0 Å². The number of amides is 2. The lowest BCUT2D eigenvalue weighted by molar-refractivity contribution is -0.140. The van der Waals surface area contributed by atoms with Crippen LogP contribution in [-0.4, -0.2) is 59.0 Å². The van der Waals surface area contributed by atoms with Crippen molar-refractivity contribution in [2.45, 2.75) is 46.1 Å². The molecule has 1 N–H and O–H groups in total. The van der Waals surface area contributed by atoms with Crippen LogP contribution in [0.25, 0.3) is 0 Å². The minimum Gasteiger partial charge on any atom is -0.393 e. The van der Waals surface area contributed by atoms with E-state index in [9.17, 15) is 14.7 Å². The maximum atomic E-state index is 11.9. The highest BCUT2D eigenvalue weighted by Crippen LogP contribution is 2.10. The lowest BCUT2D eigenvalue weighted by Gasteiger charge is -2.35. The molecule has 0 aromatic heterocycles. The lowest BCUT2D eigenvalue weighted by atomic mass is 10.1. The van der Waals surface area contributed by atoms with E-state index in [-0.39, 0.29) is 11.8 Å². The van der Waals surface area contributed by atoms with Crippen LogP contribution in [0.3, 0.4) is 0 Å². The second kappa shape index (κ2) is 7.48. The summed E-state index contributed by atoms with van der Waals surface area (Å²) in [6.07, 6.45) is 1.04. The minimum absolute atomic E-state index is 0.0804. The SMILES string of the molecule is CC(C)CC(=O)N1CCN(C(=O)CCC(C)O)CC1. The molecule has 0 bridgehead atoms. The number of hydrogen-bond donors (Lipinski definition) is 1. The van der Waals surface area contributed by atoms with Crippen LogP contribution in [0.15, 0.2) is 0 Å². The van der Waals surface area contributed by atoms with E-state index in [0.717, 1.165) is 0 Å². The Balaban J connectivity index is 2.32. The molecule has 0 saturated carbocycles. The molecule has 1 unspecified atom stereocenters. The Morgan fingerprint density at radius 2 is 1.47 bits per heavy atom. The standard InChI is InChI=1S/C14H26N2O3/c1-11(2)10-14(19)16-8-6-15(7-9-16)13(18)5-4-12(3)17/h11-12,17H,4-10H2,1-3H3. The Morgan fingerprint density at radius 3 is 1.89 bits per heavy atom. The van der Waals surface area contributed by atoms with Gasteiger partial charge in [0.1, 0.15) is 0 Å². The van der Waals surface area contributed by atoms with Crippen molar-refractivity contribution in [3.63, 3.8) is 0 Å². The Labute approximate surface area is 115 Å². The zero-order chi connectivity index (χ0) is 14.4. The molecule has 1 aliphatic rings. The summed E-state index contributed by atoms with van der Waals surface area (Å²) in [5.74, 6) is 0.640. The molecule has 1 aliphatic heterocycles. The molecule has 110 valence electrons. The van der Waals surface area contributed by atoms with Gasteiger partial charge in [-0.1, -0.05) is 13.8 Å². The number of aliphatic hydroxyl groups is 1. The second-order valence-electron chi connectivity index (χ2n) is 5.75. The quantitative estimate of drug-likeness (QED) is 0.806. The number of carbonyl (C=O) groups is 2. The number of carbonyl (C=O) groups excluding carboxylic acids is 2. The van der Waals surface area contributed by atoms with Crippen molar-refractivity contribution in [3.8, 4) is 0 Å². The van der Waals surface area contributed by atoms with Gasteiger partial charge < -0.3 is 14.9 Å². The molecule has 0 aliphatic carbocycles. The summed E-state index contributed by atoms with van der Waals surface area (Å²) in [5.41, 5.74) is 0. The highest BCUT2D eigenvalue weighted by atomic mass is 16.3. The predicted molar refractivity (Wildman–Crippen MR) is 73.5 cm³/mol. The number of piperazine rings is 1. The summed E-state index contributed by atoms with van der Waals surface area (Å²) in [6, 6.07) is 0. The topological polar surface area (TPSA) is 60.9 Å². The molecule has 1 fully saturated rings. The first-order valence-corrected chi connectivity index (χ1v) is 7.13. The molecule has 1 rings (SSSR count). The van der Waals surface area contributed by atoms with Crippen LogP contribution in [0, 0.1) is 5.92 Å². The van der Waals surface area contributed by atoms with Crippen LogP contribution >= 0.6 is 0 Å². The zero-order valence-corrected chi connectivity index (χ0v) is 12.3. The van der Waals surface area contributed by atoms with Gasteiger partial charge in [-0.05, 0) is 19.3 Å². The van der Waals surface area contributed by atoms with E-state index in [2.05, 4.69) is 0 Å². The first-order valence-electron chi connectivity index (χ1n) is 7.13. The van der Waals surface area contributed by atoms with Crippen molar-refractivity contribution in [1.29, 1.82) is 0 Å². The van der Waals surface area contributed by atoms with Crippen molar-refractivity contribution < 1.29 is 14.7 Å². The average molecular weight is 270 g/mol. The maximum absolute atomic E-state index is 11.9. The van der Waals surface area contributed by atoms with E-state index in [0.29, 0.717) is 51.4 Å². The van der Waals surface area contributed by atoms with Gasteiger partial charge in [0.05, 0.1) is 6.10 Å². The fraction of sp³-hybridized carbons (Fsp3) is 0.857. The molecule has 2 amide bonds. The van der Waals surface area contributed by atoms with Gasteiger partial charge in [-0.25, -0.2) is 0 Å². The fourth-order valence-electron chi connectivity index (χ4n) is 2.17. The molecule has 1 atom stereocenters. The molecule has 0 radical (unpaired) electrons. The fourth-order valence-corrected chi connectivity index (χ4v) is 2.17. The third-order valence-corrected chi connectivity index (χ3v) is 3.34. The minimum atomic E-state index is -0.433. The average Bonchev–Trinajstić information content (AvgIpc) is 2.35. The van der Waals surface area contributed by atoms with E-state index in [1.54, 1.807) is 11.8 Å². The van der Waals surface area contributed by atoms with Crippen LogP contribution < -0.4 is 0 Å². The monoisotopic (exact) mass is 270 g/mol. The van der Waals surface area contributed by atoms with Gasteiger partial charge in [-0.3, -0.25) is 9.59 Å². The van der Waals surface area contributed by atoms with Gasteiger partial charge in [-0.2, -0.15) is 0 Å². The number of hydrogen-bond acceptors (Lipinski definition) is 3. The van der Waals surface area contributed by atoms with Crippen molar-refractivity contribution in [2.24, 2.45) is 5.92 Å². The van der Waals surface area contributed by atoms with E-state index >= 15 is 0 Å². The molecule has 5 heteroatoms. The largest absolute Gasteiger partial charge is 0.393 e. The molecule has 0 aromatic carbocycles. The normalized spacial score (nSPS) is 17.7.